The molecule has 5 heteroatoms. The molecule has 28 heavy (non-hydrogen) atoms. The Hall–Kier alpha value is -1.75. The molecule has 0 unspecified atom stereocenters. The second-order valence-corrected chi connectivity index (χ2v) is 7.76. The van der Waals surface area contributed by atoms with Gasteiger partial charge in [0, 0.05) is 16.9 Å². The molecule has 0 saturated heterocycles. The van der Waals surface area contributed by atoms with Gasteiger partial charge in [0.2, 0.25) is 0 Å². The van der Waals surface area contributed by atoms with Crippen molar-refractivity contribution in [2.75, 3.05) is 18.1 Å². The molecular weight excluding hydrogens is 350 g/mol. The van der Waals surface area contributed by atoms with Crippen LogP contribution in [-0.2, 0) is 4.84 Å². The lowest BCUT2D eigenvalue weighted by Gasteiger charge is -2.07. The van der Waals surface area contributed by atoms with Crippen molar-refractivity contribution < 1.29 is 9.63 Å². The molecule has 5 N–H and O–H groups in total. The van der Waals surface area contributed by atoms with Crippen LogP contribution in [0.3, 0.4) is 0 Å². The number of hydrogen-bond donors (Lipinski definition) is 3. The number of carbonyl (C=O) groups excluding carboxylic acids is 1. The van der Waals surface area contributed by atoms with Crippen LogP contribution in [0, 0.1) is 0 Å². The number of anilines is 2. The molecule has 0 heterocycles. The van der Waals surface area contributed by atoms with Crippen LogP contribution in [0.4, 0.5) is 11.4 Å². The lowest BCUT2D eigenvalue weighted by molar-refractivity contribution is 0.0297. The summed E-state index contributed by atoms with van der Waals surface area (Å²) in [6.07, 6.45) is 18.5. The molecule has 0 aliphatic heterocycles. The first-order valence-corrected chi connectivity index (χ1v) is 11.2. The van der Waals surface area contributed by atoms with E-state index in [0.717, 1.165) is 12.8 Å². The molecule has 0 bridgehead atoms. The van der Waals surface area contributed by atoms with E-state index in [0.29, 0.717) is 23.5 Å². The van der Waals surface area contributed by atoms with E-state index >= 15 is 0 Å². The van der Waals surface area contributed by atoms with Gasteiger partial charge < -0.3 is 11.5 Å². The summed E-state index contributed by atoms with van der Waals surface area (Å²) in [5.41, 5.74) is 15.2. The third kappa shape index (κ3) is 12.6. The van der Waals surface area contributed by atoms with Crippen LogP contribution in [0.25, 0.3) is 0 Å². The van der Waals surface area contributed by atoms with Crippen LogP contribution in [0.1, 0.15) is 107 Å². The first kappa shape index (κ1) is 24.3. The van der Waals surface area contributed by atoms with Gasteiger partial charge in [-0.25, -0.2) is 5.48 Å². The highest BCUT2D eigenvalue weighted by Crippen LogP contribution is 2.14. The number of amides is 1. The van der Waals surface area contributed by atoms with Crippen molar-refractivity contribution in [3.8, 4) is 0 Å². The Kier molecular flexibility index (Phi) is 14.1. The molecule has 0 atom stereocenters. The van der Waals surface area contributed by atoms with Gasteiger partial charge in [-0.3, -0.25) is 9.63 Å². The second kappa shape index (κ2) is 16.2. The summed E-state index contributed by atoms with van der Waals surface area (Å²) in [6.45, 7) is 2.80. The molecule has 1 aromatic rings. The average Bonchev–Trinajstić information content (AvgIpc) is 2.66. The molecule has 0 saturated carbocycles. The van der Waals surface area contributed by atoms with Gasteiger partial charge in [0.05, 0.1) is 6.61 Å². The quantitative estimate of drug-likeness (QED) is 0.173. The van der Waals surface area contributed by atoms with E-state index in [2.05, 4.69) is 12.4 Å². The molecule has 0 aromatic heterocycles. The van der Waals surface area contributed by atoms with E-state index in [1.54, 1.807) is 18.2 Å². The molecule has 0 spiro atoms. The predicted octanol–water partition coefficient (Wildman–Crippen LogP) is 5.99. The average molecular weight is 392 g/mol. The van der Waals surface area contributed by atoms with Crippen LogP contribution >= 0.6 is 0 Å². The molecule has 0 fully saturated rings. The Morgan fingerprint density at radius 1 is 0.750 bits per heavy atom. The first-order chi connectivity index (χ1) is 13.6. The van der Waals surface area contributed by atoms with Crippen LogP contribution in [0.15, 0.2) is 18.2 Å². The number of nitrogen functional groups attached to an aromatic ring is 2. The number of carbonyl (C=O) groups is 1. The van der Waals surface area contributed by atoms with Crippen LogP contribution in [0.5, 0.6) is 0 Å². The molecule has 5 nitrogen and oxygen atoms in total. The molecule has 1 aromatic carbocycles. The fraction of sp³-hybridized carbons (Fsp3) is 0.696. The molecule has 0 aliphatic rings. The summed E-state index contributed by atoms with van der Waals surface area (Å²) in [7, 11) is 0. The summed E-state index contributed by atoms with van der Waals surface area (Å²) in [4.78, 5) is 17.2. The van der Waals surface area contributed by atoms with Gasteiger partial charge in [-0.05, 0) is 24.6 Å². The monoisotopic (exact) mass is 391 g/mol. The molecule has 1 rings (SSSR count). The minimum Gasteiger partial charge on any atom is -0.399 e. The first-order valence-electron chi connectivity index (χ1n) is 11.2. The van der Waals surface area contributed by atoms with Gasteiger partial charge in [-0.15, -0.1) is 0 Å². The van der Waals surface area contributed by atoms with Crippen molar-refractivity contribution in [2.24, 2.45) is 0 Å². The largest absolute Gasteiger partial charge is 0.399 e. The Morgan fingerprint density at radius 2 is 1.18 bits per heavy atom. The summed E-state index contributed by atoms with van der Waals surface area (Å²) < 4.78 is 0. The zero-order valence-electron chi connectivity index (χ0n) is 17.8. The maximum Gasteiger partial charge on any atom is 0.274 e. The number of unbranched alkanes of at least 4 members (excludes halogenated alkanes) is 13. The molecule has 0 radical (unpaired) electrons. The molecule has 160 valence electrons. The third-order valence-electron chi connectivity index (χ3n) is 5.00. The SMILES string of the molecule is CCCCCCCCCCCCCCCCONC(=O)c1cc(N)cc(N)c1. The Morgan fingerprint density at radius 3 is 1.64 bits per heavy atom. The summed E-state index contributed by atoms with van der Waals surface area (Å²) in [6, 6.07) is 4.79. The van der Waals surface area contributed by atoms with Crippen molar-refractivity contribution in [2.45, 2.75) is 96.8 Å². The van der Waals surface area contributed by atoms with Crippen molar-refractivity contribution in [3.05, 3.63) is 23.8 Å². The van der Waals surface area contributed by atoms with Crippen molar-refractivity contribution in [3.63, 3.8) is 0 Å². The summed E-state index contributed by atoms with van der Waals surface area (Å²) in [5, 5.41) is 0. The van der Waals surface area contributed by atoms with Crippen molar-refractivity contribution >= 4 is 17.3 Å². The lowest BCUT2D eigenvalue weighted by Crippen LogP contribution is -2.24. The number of hydrogen-bond acceptors (Lipinski definition) is 4. The fourth-order valence-electron chi connectivity index (χ4n) is 3.35. The summed E-state index contributed by atoms with van der Waals surface area (Å²) in [5.74, 6) is -0.315. The number of rotatable bonds is 17. The highest BCUT2D eigenvalue weighted by atomic mass is 16.6. The Bertz CT molecular complexity index is 514. The fourth-order valence-corrected chi connectivity index (χ4v) is 3.35. The third-order valence-corrected chi connectivity index (χ3v) is 5.00. The highest BCUT2D eigenvalue weighted by Gasteiger charge is 2.07. The van der Waals surface area contributed by atoms with Crippen molar-refractivity contribution in [1.82, 2.24) is 5.48 Å². The van der Waals surface area contributed by atoms with Gasteiger partial charge in [-0.1, -0.05) is 90.4 Å². The van der Waals surface area contributed by atoms with E-state index < -0.39 is 0 Å². The van der Waals surface area contributed by atoms with Gasteiger partial charge in [0.1, 0.15) is 0 Å². The maximum atomic E-state index is 11.9. The van der Waals surface area contributed by atoms with E-state index in [1.807, 2.05) is 0 Å². The predicted molar refractivity (Wildman–Crippen MR) is 119 cm³/mol. The maximum absolute atomic E-state index is 11.9. The molecule has 1 amide bonds. The number of hydroxylamine groups is 1. The van der Waals surface area contributed by atoms with E-state index in [9.17, 15) is 4.79 Å². The number of nitrogens with two attached hydrogens (primary N) is 2. The highest BCUT2D eigenvalue weighted by molar-refractivity contribution is 5.95. The topological polar surface area (TPSA) is 90.4 Å². The van der Waals surface area contributed by atoms with E-state index in [4.69, 9.17) is 16.3 Å². The Balaban J connectivity index is 1.86. The number of nitrogens with one attached hydrogen (secondary N) is 1. The van der Waals surface area contributed by atoms with Gasteiger partial charge in [0.25, 0.3) is 5.91 Å². The van der Waals surface area contributed by atoms with Crippen LogP contribution in [0.2, 0.25) is 0 Å². The zero-order chi connectivity index (χ0) is 20.5. The standard InChI is InChI=1S/C23H41N3O2/c1-2-3-4-5-6-7-8-9-10-11-12-13-14-15-16-28-26-23(27)20-17-21(24)19-22(25)18-20/h17-19H,2-16,24-25H2,1H3,(H,26,27). The summed E-state index contributed by atoms with van der Waals surface area (Å²) >= 11 is 0. The lowest BCUT2D eigenvalue weighted by atomic mass is 10.0. The molecule has 0 aliphatic carbocycles. The second-order valence-electron chi connectivity index (χ2n) is 7.76. The van der Waals surface area contributed by atoms with Crippen molar-refractivity contribution in [1.29, 1.82) is 0 Å². The molecular formula is C23H41N3O2. The smallest absolute Gasteiger partial charge is 0.274 e. The van der Waals surface area contributed by atoms with Gasteiger partial charge >= 0.3 is 0 Å². The van der Waals surface area contributed by atoms with Gasteiger partial charge in [-0.2, -0.15) is 0 Å². The minimum absolute atomic E-state index is 0.315. The van der Waals surface area contributed by atoms with E-state index in [-0.39, 0.29) is 5.91 Å². The Labute approximate surface area is 171 Å². The number of benzene rings is 1. The van der Waals surface area contributed by atoms with Crippen LogP contribution < -0.4 is 16.9 Å². The zero-order valence-corrected chi connectivity index (χ0v) is 17.8. The van der Waals surface area contributed by atoms with Crippen LogP contribution in [-0.4, -0.2) is 12.5 Å². The minimum atomic E-state index is -0.315. The van der Waals surface area contributed by atoms with E-state index in [1.165, 1.54) is 77.0 Å². The van der Waals surface area contributed by atoms with Gasteiger partial charge in [0.15, 0.2) is 0 Å². The normalized spacial score (nSPS) is 10.9.